The number of hydrogen-bond donors (Lipinski definition) is 2. The topological polar surface area (TPSA) is 52.9 Å². The molecule has 0 bridgehead atoms. The first-order valence-electron chi connectivity index (χ1n) is 7.01. The van der Waals surface area contributed by atoms with Gasteiger partial charge in [-0.05, 0) is 42.7 Å². The van der Waals surface area contributed by atoms with Crippen LogP contribution in [0.25, 0.3) is 0 Å². The molecule has 0 aliphatic carbocycles. The quantitative estimate of drug-likeness (QED) is 0.851. The Labute approximate surface area is 124 Å². The fourth-order valence-electron chi connectivity index (χ4n) is 2.46. The van der Waals surface area contributed by atoms with Gasteiger partial charge in [0.15, 0.2) is 6.29 Å². The summed E-state index contributed by atoms with van der Waals surface area (Å²) in [4.78, 5) is 5.59. The van der Waals surface area contributed by atoms with E-state index in [1.807, 2.05) is 17.2 Å². The van der Waals surface area contributed by atoms with Gasteiger partial charge in [-0.15, -0.1) is 0 Å². The molecule has 1 fully saturated rings. The van der Waals surface area contributed by atoms with Crippen LogP contribution >= 0.6 is 0 Å². The summed E-state index contributed by atoms with van der Waals surface area (Å²) in [5.74, 6) is 0. The van der Waals surface area contributed by atoms with E-state index in [0.717, 1.165) is 11.3 Å². The Morgan fingerprint density at radius 2 is 1.76 bits per heavy atom. The minimum absolute atomic E-state index is 0.164. The van der Waals surface area contributed by atoms with Crippen molar-refractivity contribution in [1.82, 2.24) is 0 Å². The van der Waals surface area contributed by atoms with Crippen molar-refractivity contribution < 1.29 is 15.1 Å². The predicted octanol–water partition coefficient (Wildman–Crippen LogP) is 2.78. The van der Waals surface area contributed by atoms with Gasteiger partial charge < -0.3 is 10.2 Å². The normalized spacial score (nSPS) is 18.0. The maximum absolute atomic E-state index is 9.13. The van der Waals surface area contributed by atoms with Gasteiger partial charge in [0.1, 0.15) is 12.6 Å². The van der Waals surface area contributed by atoms with Crippen molar-refractivity contribution >= 4 is 5.69 Å². The minimum Gasteiger partial charge on any atom is -0.364 e. The number of hydrogen-bond acceptors (Lipinski definition) is 4. The van der Waals surface area contributed by atoms with E-state index in [9.17, 15) is 0 Å². The van der Waals surface area contributed by atoms with E-state index < -0.39 is 6.29 Å². The number of anilines is 1. The lowest BCUT2D eigenvalue weighted by atomic mass is 10.0. The highest BCUT2D eigenvalue weighted by Gasteiger charge is 2.31. The van der Waals surface area contributed by atoms with Crippen molar-refractivity contribution in [2.24, 2.45) is 0 Å². The molecule has 0 radical (unpaired) electrons. The Morgan fingerprint density at radius 1 is 1.05 bits per heavy atom. The number of benzene rings is 2. The molecule has 2 N–H and O–H groups in total. The van der Waals surface area contributed by atoms with Crippen LogP contribution < -0.4 is 5.06 Å². The van der Waals surface area contributed by atoms with Crippen molar-refractivity contribution in [3.05, 3.63) is 64.7 Å². The molecule has 4 nitrogen and oxygen atoms in total. The average molecular weight is 285 g/mol. The van der Waals surface area contributed by atoms with E-state index in [2.05, 4.69) is 32.0 Å². The van der Waals surface area contributed by atoms with Gasteiger partial charge >= 0.3 is 0 Å². The smallest absolute Gasteiger partial charge is 0.178 e. The van der Waals surface area contributed by atoms with Crippen molar-refractivity contribution in [2.75, 3.05) is 11.7 Å². The molecule has 1 heterocycles. The molecule has 0 spiro atoms. The van der Waals surface area contributed by atoms with Crippen molar-refractivity contribution in [3.8, 4) is 0 Å². The van der Waals surface area contributed by atoms with E-state index in [4.69, 9.17) is 15.1 Å². The third-order valence-corrected chi connectivity index (χ3v) is 4.02. The number of hydroxylamine groups is 1. The van der Waals surface area contributed by atoms with Crippen LogP contribution in [0.3, 0.4) is 0 Å². The van der Waals surface area contributed by atoms with Crippen LogP contribution in [0.4, 0.5) is 5.69 Å². The number of aliphatic hydroxyl groups excluding tert-OH is 1. The molecule has 21 heavy (non-hydrogen) atoms. The van der Waals surface area contributed by atoms with Crippen molar-refractivity contribution in [1.29, 1.82) is 0 Å². The summed E-state index contributed by atoms with van der Waals surface area (Å²) in [7, 11) is 0. The van der Waals surface area contributed by atoms with Crippen LogP contribution in [-0.4, -0.2) is 16.8 Å². The molecule has 1 unspecified atom stereocenters. The monoisotopic (exact) mass is 285 g/mol. The van der Waals surface area contributed by atoms with Gasteiger partial charge in [-0.3, -0.25) is 4.84 Å². The molecular formula is C17H19NO3. The van der Waals surface area contributed by atoms with Gasteiger partial charge in [0.2, 0.25) is 0 Å². The molecule has 0 saturated carbocycles. The third-order valence-electron chi connectivity index (χ3n) is 4.02. The lowest BCUT2D eigenvalue weighted by Gasteiger charge is -2.41. The second-order valence-electron chi connectivity index (χ2n) is 5.45. The maximum atomic E-state index is 9.13. The molecule has 1 saturated heterocycles. The summed E-state index contributed by atoms with van der Waals surface area (Å²) in [5, 5.41) is 20.2. The standard InChI is InChI=1S/C17H19NO3/c1-11-3-8-15(9-12(11)2)18-16(10-21-18)13-4-6-14(7-5-13)17(19)20/h3-9,16-17,19-20H,10H2,1-2H3. The largest absolute Gasteiger partial charge is 0.364 e. The molecule has 1 aliphatic rings. The average Bonchev–Trinajstić information content (AvgIpc) is 2.42. The second-order valence-corrected chi connectivity index (χ2v) is 5.45. The van der Waals surface area contributed by atoms with Gasteiger partial charge in [0.05, 0.1) is 5.69 Å². The van der Waals surface area contributed by atoms with E-state index in [1.165, 1.54) is 11.1 Å². The summed E-state index contributed by atoms with van der Waals surface area (Å²) < 4.78 is 0. The zero-order chi connectivity index (χ0) is 15.0. The van der Waals surface area contributed by atoms with Crippen LogP contribution in [0.2, 0.25) is 0 Å². The van der Waals surface area contributed by atoms with Gasteiger partial charge in [0.25, 0.3) is 0 Å². The van der Waals surface area contributed by atoms with Gasteiger partial charge in [-0.1, -0.05) is 30.3 Å². The number of rotatable bonds is 3. The fraction of sp³-hybridized carbons (Fsp3) is 0.294. The molecule has 0 amide bonds. The van der Waals surface area contributed by atoms with Crippen LogP contribution in [0.1, 0.15) is 34.6 Å². The first-order chi connectivity index (χ1) is 10.1. The van der Waals surface area contributed by atoms with Crippen LogP contribution in [0.15, 0.2) is 42.5 Å². The zero-order valence-corrected chi connectivity index (χ0v) is 12.2. The highest BCUT2D eigenvalue weighted by Crippen LogP contribution is 2.36. The van der Waals surface area contributed by atoms with Gasteiger partial charge in [-0.2, -0.15) is 0 Å². The minimum atomic E-state index is -1.42. The summed E-state index contributed by atoms with van der Waals surface area (Å²) in [5.41, 5.74) is 5.14. The number of nitrogens with zero attached hydrogens (tertiary/aromatic N) is 1. The van der Waals surface area contributed by atoms with E-state index in [0.29, 0.717) is 12.2 Å². The lowest BCUT2D eigenvalue weighted by molar-refractivity contribution is -0.0426. The van der Waals surface area contributed by atoms with Crippen molar-refractivity contribution in [2.45, 2.75) is 26.2 Å². The molecule has 0 aromatic heterocycles. The number of aliphatic hydroxyl groups is 2. The Balaban J connectivity index is 1.81. The molecule has 3 rings (SSSR count). The SMILES string of the molecule is Cc1ccc(N2OCC2c2ccc(C(O)O)cc2)cc1C. The first-order valence-corrected chi connectivity index (χ1v) is 7.01. The second kappa shape index (κ2) is 5.48. The Hall–Kier alpha value is -1.88. The van der Waals surface area contributed by atoms with E-state index in [1.54, 1.807) is 12.1 Å². The summed E-state index contributed by atoms with van der Waals surface area (Å²) in [6.45, 7) is 4.81. The molecule has 2 aromatic carbocycles. The number of aryl methyl sites for hydroxylation is 2. The van der Waals surface area contributed by atoms with E-state index >= 15 is 0 Å². The molecule has 1 atom stereocenters. The highest BCUT2D eigenvalue weighted by molar-refractivity contribution is 5.52. The zero-order valence-electron chi connectivity index (χ0n) is 12.2. The maximum Gasteiger partial charge on any atom is 0.178 e. The van der Waals surface area contributed by atoms with Crippen LogP contribution in [-0.2, 0) is 4.84 Å². The summed E-state index contributed by atoms with van der Waals surface area (Å²) >= 11 is 0. The van der Waals surface area contributed by atoms with E-state index in [-0.39, 0.29) is 6.04 Å². The van der Waals surface area contributed by atoms with Gasteiger partial charge in [0, 0.05) is 5.56 Å². The summed E-state index contributed by atoms with van der Waals surface area (Å²) in [6.07, 6.45) is -1.42. The van der Waals surface area contributed by atoms with Gasteiger partial charge in [-0.25, -0.2) is 5.06 Å². The van der Waals surface area contributed by atoms with Crippen LogP contribution in [0.5, 0.6) is 0 Å². The molecule has 4 heteroatoms. The Kier molecular flexibility index (Phi) is 3.68. The molecule has 2 aromatic rings. The van der Waals surface area contributed by atoms with Crippen molar-refractivity contribution in [3.63, 3.8) is 0 Å². The molecular weight excluding hydrogens is 266 g/mol. The fourth-order valence-corrected chi connectivity index (χ4v) is 2.46. The van der Waals surface area contributed by atoms with Crippen LogP contribution in [0, 0.1) is 13.8 Å². The lowest BCUT2D eigenvalue weighted by Crippen LogP contribution is -2.43. The highest BCUT2D eigenvalue weighted by atomic mass is 16.7. The third kappa shape index (κ3) is 2.65. The predicted molar refractivity (Wildman–Crippen MR) is 80.7 cm³/mol. The Morgan fingerprint density at radius 3 is 2.29 bits per heavy atom. The molecule has 110 valence electrons. The first kappa shape index (κ1) is 14.1. The molecule has 1 aliphatic heterocycles. The Bertz CT molecular complexity index is 637. The summed E-state index contributed by atoms with van der Waals surface area (Å²) in [6, 6.07) is 13.7.